The van der Waals surface area contributed by atoms with Crippen LogP contribution >= 0.6 is 0 Å². The number of ketones is 1. The number of benzene rings is 2. The van der Waals surface area contributed by atoms with E-state index < -0.39 is 17.6 Å². The maximum Gasteiger partial charge on any atom is 0.416 e. The summed E-state index contributed by atoms with van der Waals surface area (Å²) in [7, 11) is 1.71. The number of halogens is 3. The third-order valence-corrected chi connectivity index (χ3v) is 3.90. The van der Waals surface area contributed by atoms with E-state index in [4.69, 9.17) is 0 Å². The van der Waals surface area contributed by atoms with Crippen LogP contribution in [0.3, 0.4) is 0 Å². The van der Waals surface area contributed by atoms with Crippen LogP contribution in [0, 0.1) is 0 Å². The van der Waals surface area contributed by atoms with Gasteiger partial charge in [-0.05, 0) is 48.5 Å². The molecule has 0 bridgehead atoms. The summed E-state index contributed by atoms with van der Waals surface area (Å²) in [6, 6.07) is 10.1. The minimum Gasteiger partial charge on any atom is -0.331 e. The number of nitrogens with one attached hydrogen (secondary N) is 1. The van der Waals surface area contributed by atoms with Crippen molar-refractivity contribution >= 4 is 17.4 Å². The molecule has 0 aliphatic heterocycles. The zero-order chi connectivity index (χ0) is 19.6. The molecule has 1 amide bonds. The fourth-order valence-electron chi connectivity index (χ4n) is 2.43. The monoisotopic (exact) mass is 373 g/mol. The van der Waals surface area contributed by atoms with E-state index in [0.717, 1.165) is 24.3 Å². The van der Waals surface area contributed by atoms with Gasteiger partial charge in [-0.2, -0.15) is 13.2 Å². The quantitative estimate of drug-likeness (QED) is 0.705. The lowest BCUT2D eigenvalue weighted by molar-refractivity contribution is -0.137. The van der Waals surface area contributed by atoms with Gasteiger partial charge in [0.1, 0.15) is 0 Å². The molecule has 5 nitrogen and oxygen atoms in total. The number of nitrogens with zero attached hydrogens (tertiary/aromatic N) is 2. The third-order valence-electron chi connectivity index (χ3n) is 3.90. The van der Waals surface area contributed by atoms with E-state index >= 15 is 0 Å². The van der Waals surface area contributed by atoms with E-state index in [-0.39, 0.29) is 17.2 Å². The van der Waals surface area contributed by atoms with E-state index in [1.165, 1.54) is 18.3 Å². The number of aromatic nitrogens is 2. The van der Waals surface area contributed by atoms with Crippen molar-refractivity contribution < 1.29 is 22.8 Å². The molecule has 0 fully saturated rings. The highest BCUT2D eigenvalue weighted by atomic mass is 19.4. The number of hydrogen-bond acceptors (Lipinski definition) is 3. The second-order valence-corrected chi connectivity index (χ2v) is 5.80. The molecule has 0 radical (unpaired) electrons. The zero-order valence-corrected chi connectivity index (χ0v) is 14.1. The molecule has 3 rings (SSSR count). The van der Waals surface area contributed by atoms with Crippen LogP contribution in [-0.4, -0.2) is 21.2 Å². The molecule has 0 saturated heterocycles. The summed E-state index contributed by atoms with van der Waals surface area (Å²) in [5, 5.41) is 2.58. The van der Waals surface area contributed by atoms with Gasteiger partial charge in [0.2, 0.25) is 5.78 Å². The first-order valence-electron chi connectivity index (χ1n) is 7.86. The number of amides is 1. The van der Waals surface area contributed by atoms with Crippen LogP contribution in [0.1, 0.15) is 32.1 Å². The highest BCUT2D eigenvalue weighted by Crippen LogP contribution is 2.29. The Labute approximate surface area is 152 Å². The van der Waals surface area contributed by atoms with Crippen molar-refractivity contribution in [2.24, 2.45) is 7.05 Å². The molecule has 0 saturated carbocycles. The van der Waals surface area contributed by atoms with Crippen molar-refractivity contribution in [3.8, 4) is 0 Å². The maximum atomic E-state index is 12.6. The molecule has 0 aliphatic rings. The Morgan fingerprint density at radius 1 is 0.963 bits per heavy atom. The lowest BCUT2D eigenvalue weighted by Crippen LogP contribution is -2.13. The fraction of sp³-hybridized carbons (Fsp3) is 0.105. The SMILES string of the molecule is Cn1ccnc1C(=O)c1ccc(NC(=O)c2ccc(C(F)(F)F)cc2)cc1. The molecule has 0 aliphatic carbocycles. The van der Waals surface area contributed by atoms with Gasteiger partial charge in [0.05, 0.1) is 5.56 Å². The van der Waals surface area contributed by atoms with Gasteiger partial charge in [-0.25, -0.2) is 4.98 Å². The summed E-state index contributed by atoms with van der Waals surface area (Å²) in [4.78, 5) is 28.5. The number of aryl methyl sites for hydroxylation is 1. The summed E-state index contributed by atoms with van der Waals surface area (Å²) in [6.07, 6.45) is -1.28. The summed E-state index contributed by atoms with van der Waals surface area (Å²) in [6.45, 7) is 0. The molecule has 27 heavy (non-hydrogen) atoms. The predicted molar refractivity (Wildman–Crippen MR) is 92.5 cm³/mol. The molecule has 8 heteroatoms. The Morgan fingerprint density at radius 3 is 2.07 bits per heavy atom. The third kappa shape index (κ3) is 4.05. The van der Waals surface area contributed by atoms with Crippen LogP contribution in [0.15, 0.2) is 60.9 Å². The van der Waals surface area contributed by atoms with Crippen molar-refractivity contribution in [2.75, 3.05) is 5.32 Å². The van der Waals surface area contributed by atoms with Gasteiger partial charge in [0.25, 0.3) is 5.91 Å². The lowest BCUT2D eigenvalue weighted by atomic mass is 10.1. The highest BCUT2D eigenvalue weighted by Gasteiger charge is 2.30. The van der Waals surface area contributed by atoms with E-state index in [1.807, 2.05) is 0 Å². The van der Waals surface area contributed by atoms with Crippen LogP contribution in [0.5, 0.6) is 0 Å². The summed E-state index contributed by atoms with van der Waals surface area (Å²) in [5.41, 5.74) is 0.0838. The highest BCUT2D eigenvalue weighted by molar-refractivity contribution is 6.07. The van der Waals surface area contributed by atoms with E-state index in [9.17, 15) is 22.8 Å². The number of rotatable bonds is 4. The Kier molecular flexibility index (Phi) is 4.81. The molecular formula is C19H14F3N3O2. The Balaban J connectivity index is 1.70. The van der Waals surface area contributed by atoms with Crippen molar-refractivity contribution in [3.05, 3.63) is 83.4 Å². The van der Waals surface area contributed by atoms with Gasteiger partial charge in [-0.3, -0.25) is 9.59 Å². The minimum absolute atomic E-state index is 0.0937. The molecular weight excluding hydrogens is 359 g/mol. The lowest BCUT2D eigenvalue weighted by Gasteiger charge is -2.09. The van der Waals surface area contributed by atoms with Crippen molar-refractivity contribution in [2.45, 2.75) is 6.18 Å². The molecule has 0 unspecified atom stereocenters. The molecule has 0 spiro atoms. The standard InChI is InChI=1S/C19H14F3N3O2/c1-25-11-10-23-17(25)16(26)12-4-8-15(9-5-12)24-18(27)13-2-6-14(7-3-13)19(20,21)22/h2-11H,1H3,(H,24,27). The van der Waals surface area contributed by atoms with Crippen molar-refractivity contribution in [1.29, 1.82) is 0 Å². The first-order chi connectivity index (χ1) is 12.8. The van der Waals surface area contributed by atoms with Crippen LogP contribution in [0.4, 0.5) is 18.9 Å². The van der Waals surface area contributed by atoms with E-state index in [2.05, 4.69) is 10.3 Å². The number of alkyl halides is 3. The molecule has 1 N–H and O–H groups in total. The van der Waals surface area contributed by atoms with Gasteiger partial charge in [0, 0.05) is 36.3 Å². The molecule has 3 aromatic rings. The van der Waals surface area contributed by atoms with Gasteiger partial charge >= 0.3 is 6.18 Å². The Morgan fingerprint density at radius 2 is 1.56 bits per heavy atom. The van der Waals surface area contributed by atoms with Crippen LogP contribution in [0.2, 0.25) is 0 Å². The molecule has 2 aromatic carbocycles. The Hall–Kier alpha value is -3.42. The van der Waals surface area contributed by atoms with Crippen LogP contribution < -0.4 is 5.32 Å². The number of anilines is 1. The maximum absolute atomic E-state index is 12.6. The minimum atomic E-state index is -4.45. The first-order valence-corrected chi connectivity index (χ1v) is 7.86. The average Bonchev–Trinajstić information content (AvgIpc) is 3.07. The van der Waals surface area contributed by atoms with Gasteiger partial charge in [-0.15, -0.1) is 0 Å². The van der Waals surface area contributed by atoms with E-state index in [0.29, 0.717) is 11.3 Å². The average molecular weight is 373 g/mol. The van der Waals surface area contributed by atoms with Crippen molar-refractivity contribution in [3.63, 3.8) is 0 Å². The summed E-state index contributed by atoms with van der Waals surface area (Å²) >= 11 is 0. The first kappa shape index (κ1) is 18.4. The normalized spacial score (nSPS) is 11.3. The number of carbonyl (C=O) groups excluding carboxylic acids is 2. The van der Waals surface area contributed by atoms with Crippen LogP contribution in [0.25, 0.3) is 0 Å². The number of hydrogen-bond donors (Lipinski definition) is 1. The zero-order valence-electron chi connectivity index (χ0n) is 14.1. The largest absolute Gasteiger partial charge is 0.416 e. The second-order valence-electron chi connectivity index (χ2n) is 5.80. The molecule has 1 heterocycles. The number of carbonyl (C=O) groups is 2. The van der Waals surface area contributed by atoms with Gasteiger partial charge < -0.3 is 9.88 Å². The Bertz CT molecular complexity index is 975. The molecule has 0 atom stereocenters. The predicted octanol–water partition coefficient (Wildman–Crippen LogP) is 3.92. The molecule has 138 valence electrons. The summed E-state index contributed by atoms with van der Waals surface area (Å²) < 4.78 is 39.3. The van der Waals surface area contributed by atoms with Crippen molar-refractivity contribution in [1.82, 2.24) is 9.55 Å². The fourth-order valence-corrected chi connectivity index (χ4v) is 2.43. The van der Waals surface area contributed by atoms with E-state index in [1.54, 1.807) is 29.9 Å². The van der Waals surface area contributed by atoms with Gasteiger partial charge in [-0.1, -0.05) is 0 Å². The smallest absolute Gasteiger partial charge is 0.331 e. The topological polar surface area (TPSA) is 64.0 Å². The van der Waals surface area contributed by atoms with Crippen LogP contribution in [-0.2, 0) is 13.2 Å². The molecule has 1 aromatic heterocycles. The second kappa shape index (κ2) is 7.06. The van der Waals surface area contributed by atoms with Gasteiger partial charge in [0.15, 0.2) is 5.82 Å². The summed E-state index contributed by atoms with van der Waals surface area (Å²) in [5.74, 6) is -0.522. The number of imidazole rings is 1.